The molecule has 4 N–H and O–H groups in total. The van der Waals surface area contributed by atoms with Crippen LogP contribution in [0.3, 0.4) is 0 Å². The summed E-state index contributed by atoms with van der Waals surface area (Å²) in [5.41, 5.74) is 0. The molecule has 0 aromatic carbocycles. The first-order chi connectivity index (χ1) is 8.29. The first-order valence-corrected chi connectivity index (χ1v) is 4.83. The van der Waals surface area contributed by atoms with Crippen LogP contribution in [0.15, 0.2) is 0 Å². The molecule has 0 bridgehead atoms. The van der Waals surface area contributed by atoms with Crippen molar-refractivity contribution >= 4 is 17.9 Å². The molecule has 9 nitrogen and oxygen atoms in total. The number of hydrogen-bond acceptors (Lipinski definition) is 7. The lowest BCUT2D eigenvalue weighted by Crippen LogP contribution is -2.45. The number of carboxylic acid groups (broad SMARTS) is 2. The van der Waals surface area contributed by atoms with E-state index in [1.54, 1.807) is 0 Å². The molecule has 0 saturated heterocycles. The second-order valence-corrected chi connectivity index (χ2v) is 3.30. The molecule has 0 rings (SSSR count). The van der Waals surface area contributed by atoms with Crippen LogP contribution in [-0.4, -0.2) is 69.9 Å². The topological polar surface area (TPSA) is 151 Å². The van der Waals surface area contributed by atoms with Crippen LogP contribution < -0.4 is 0 Å². The highest BCUT2D eigenvalue weighted by Gasteiger charge is 2.38. The molecule has 0 aliphatic rings. The van der Waals surface area contributed by atoms with Crippen molar-refractivity contribution in [1.82, 2.24) is 0 Å². The molecule has 0 saturated carbocycles. The fourth-order valence-electron chi connectivity index (χ4n) is 0.976. The maximum absolute atomic E-state index is 10.8. The maximum atomic E-state index is 10.8. The average Bonchev–Trinajstić information content (AvgIpc) is 2.26. The number of aliphatic carboxylic acids is 2. The van der Waals surface area contributed by atoms with Gasteiger partial charge in [0.1, 0.15) is 6.10 Å². The molecule has 0 amide bonds. The van der Waals surface area contributed by atoms with Gasteiger partial charge < -0.3 is 29.9 Å². The third-order valence-electron chi connectivity index (χ3n) is 1.73. The third-order valence-corrected chi connectivity index (χ3v) is 1.73. The SMILES string of the molecule is CC(=O)OC(C(=O)O)C(OCC(O)CO)C(=O)O. The summed E-state index contributed by atoms with van der Waals surface area (Å²) in [5, 5.41) is 35.0. The van der Waals surface area contributed by atoms with Gasteiger partial charge in [-0.25, -0.2) is 9.59 Å². The van der Waals surface area contributed by atoms with Gasteiger partial charge in [0, 0.05) is 6.92 Å². The number of carbonyl (C=O) groups excluding carboxylic acids is 1. The summed E-state index contributed by atoms with van der Waals surface area (Å²) in [4.78, 5) is 32.2. The van der Waals surface area contributed by atoms with E-state index in [0.29, 0.717) is 0 Å². The molecule has 0 aliphatic carbocycles. The number of esters is 1. The number of hydrogen-bond donors (Lipinski definition) is 4. The number of carbonyl (C=O) groups is 3. The van der Waals surface area contributed by atoms with E-state index in [0.717, 1.165) is 6.92 Å². The zero-order chi connectivity index (χ0) is 14.3. The van der Waals surface area contributed by atoms with Crippen molar-refractivity contribution in [2.45, 2.75) is 25.2 Å². The van der Waals surface area contributed by atoms with Gasteiger partial charge in [-0.05, 0) is 0 Å². The Balaban J connectivity index is 4.76. The summed E-state index contributed by atoms with van der Waals surface area (Å²) in [6, 6.07) is 0. The molecule has 0 aliphatic heterocycles. The van der Waals surface area contributed by atoms with Crippen LogP contribution in [0.5, 0.6) is 0 Å². The zero-order valence-corrected chi connectivity index (χ0v) is 9.48. The highest BCUT2D eigenvalue weighted by atomic mass is 16.6. The van der Waals surface area contributed by atoms with Crippen LogP contribution >= 0.6 is 0 Å². The smallest absolute Gasteiger partial charge is 0.348 e. The second kappa shape index (κ2) is 7.58. The van der Waals surface area contributed by atoms with Gasteiger partial charge in [0.25, 0.3) is 0 Å². The van der Waals surface area contributed by atoms with E-state index in [9.17, 15) is 14.4 Å². The molecular formula is C9H14O9. The summed E-state index contributed by atoms with van der Waals surface area (Å²) in [5.74, 6) is -4.36. The highest BCUT2D eigenvalue weighted by Crippen LogP contribution is 2.07. The van der Waals surface area contributed by atoms with E-state index in [2.05, 4.69) is 9.47 Å². The van der Waals surface area contributed by atoms with Crippen molar-refractivity contribution in [3.8, 4) is 0 Å². The van der Waals surface area contributed by atoms with Gasteiger partial charge in [-0.1, -0.05) is 0 Å². The van der Waals surface area contributed by atoms with Crippen LogP contribution in [-0.2, 0) is 23.9 Å². The van der Waals surface area contributed by atoms with Crippen molar-refractivity contribution in [2.75, 3.05) is 13.2 Å². The molecule has 104 valence electrons. The predicted molar refractivity (Wildman–Crippen MR) is 53.7 cm³/mol. The summed E-state index contributed by atoms with van der Waals surface area (Å²) in [7, 11) is 0. The molecule has 0 heterocycles. The molecule has 0 spiro atoms. The van der Waals surface area contributed by atoms with E-state index in [4.69, 9.17) is 20.4 Å². The summed E-state index contributed by atoms with van der Waals surface area (Å²) < 4.78 is 8.93. The molecule has 0 aromatic rings. The number of rotatable bonds is 8. The van der Waals surface area contributed by atoms with Crippen LogP contribution in [0.4, 0.5) is 0 Å². The maximum Gasteiger partial charge on any atom is 0.348 e. The van der Waals surface area contributed by atoms with Crippen LogP contribution in [0, 0.1) is 0 Å². The Hall–Kier alpha value is -1.71. The lowest BCUT2D eigenvalue weighted by molar-refractivity contribution is -0.184. The van der Waals surface area contributed by atoms with E-state index in [1.165, 1.54) is 0 Å². The predicted octanol–water partition coefficient (Wildman–Crippen LogP) is -2.17. The van der Waals surface area contributed by atoms with Gasteiger partial charge >= 0.3 is 17.9 Å². The molecular weight excluding hydrogens is 252 g/mol. The molecule has 0 fully saturated rings. The van der Waals surface area contributed by atoms with Crippen molar-refractivity contribution in [2.24, 2.45) is 0 Å². The third kappa shape index (κ3) is 5.57. The normalized spacial score (nSPS) is 15.5. The largest absolute Gasteiger partial charge is 0.479 e. The molecule has 0 radical (unpaired) electrons. The fourth-order valence-corrected chi connectivity index (χ4v) is 0.976. The lowest BCUT2D eigenvalue weighted by atomic mass is 10.2. The minimum absolute atomic E-state index is 0.613. The Morgan fingerprint density at radius 1 is 1.11 bits per heavy atom. The quantitative estimate of drug-likeness (QED) is 0.359. The fraction of sp³-hybridized carbons (Fsp3) is 0.667. The first kappa shape index (κ1) is 16.3. The Morgan fingerprint density at radius 3 is 1.94 bits per heavy atom. The Morgan fingerprint density at radius 2 is 1.61 bits per heavy atom. The van der Waals surface area contributed by atoms with E-state index >= 15 is 0 Å². The van der Waals surface area contributed by atoms with E-state index in [-0.39, 0.29) is 0 Å². The molecule has 3 unspecified atom stereocenters. The zero-order valence-electron chi connectivity index (χ0n) is 9.48. The highest BCUT2D eigenvalue weighted by molar-refractivity contribution is 5.85. The Labute approximate surface area is 102 Å². The van der Waals surface area contributed by atoms with Crippen LogP contribution in [0.1, 0.15) is 6.92 Å². The van der Waals surface area contributed by atoms with Crippen molar-refractivity contribution in [3.63, 3.8) is 0 Å². The van der Waals surface area contributed by atoms with Gasteiger partial charge in [0.05, 0.1) is 13.2 Å². The Kier molecular flexibility index (Phi) is 6.86. The number of ether oxygens (including phenoxy) is 2. The van der Waals surface area contributed by atoms with Crippen molar-refractivity contribution in [1.29, 1.82) is 0 Å². The average molecular weight is 266 g/mol. The second-order valence-electron chi connectivity index (χ2n) is 3.30. The van der Waals surface area contributed by atoms with Crippen molar-refractivity contribution < 1.29 is 44.3 Å². The molecule has 18 heavy (non-hydrogen) atoms. The number of aliphatic hydroxyl groups excluding tert-OH is 2. The van der Waals surface area contributed by atoms with Gasteiger partial charge in [-0.3, -0.25) is 4.79 Å². The van der Waals surface area contributed by atoms with Gasteiger partial charge in [-0.2, -0.15) is 0 Å². The van der Waals surface area contributed by atoms with Gasteiger partial charge in [0.2, 0.25) is 12.2 Å². The number of aliphatic hydroxyl groups is 2. The van der Waals surface area contributed by atoms with Crippen molar-refractivity contribution in [3.05, 3.63) is 0 Å². The Bertz CT molecular complexity index is 313. The standard InChI is InChI=1S/C9H14O9/c1-4(11)18-7(9(15)16)6(8(13)14)17-3-5(12)2-10/h5-7,10,12H,2-3H2,1H3,(H,13,14)(H,15,16). The molecule has 9 heteroatoms. The van der Waals surface area contributed by atoms with E-state index < -0.39 is 49.4 Å². The molecule has 3 atom stereocenters. The summed E-state index contributed by atoms with van der Waals surface area (Å²) in [6.07, 6.45) is -5.38. The van der Waals surface area contributed by atoms with Gasteiger partial charge in [-0.15, -0.1) is 0 Å². The first-order valence-electron chi connectivity index (χ1n) is 4.83. The summed E-state index contributed by atoms with van der Waals surface area (Å²) >= 11 is 0. The number of carboxylic acids is 2. The van der Waals surface area contributed by atoms with E-state index in [1.807, 2.05) is 0 Å². The minimum atomic E-state index is -2.04. The van der Waals surface area contributed by atoms with Crippen LogP contribution in [0.25, 0.3) is 0 Å². The minimum Gasteiger partial charge on any atom is -0.479 e. The van der Waals surface area contributed by atoms with Crippen LogP contribution in [0.2, 0.25) is 0 Å². The van der Waals surface area contributed by atoms with Gasteiger partial charge in [0.15, 0.2) is 0 Å². The summed E-state index contributed by atoms with van der Waals surface area (Å²) in [6.45, 7) is -0.381. The lowest BCUT2D eigenvalue weighted by Gasteiger charge is -2.21. The molecule has 0 aromatic heterocycles. The monoisotopic (exact) mass is 266 g/mol.